The zero-order chi connectivity index (χ0) is 35.3. The Balaban J connectivity index is 1.21. The highest BCUT2D eigenvalue weighted by atomic mass is 14.3. The summed E-state index contributed by atoms with van der Waals surface area (Å²) in [6.45, 7) is 0. The molecule has 0 aromatic heterocycles. The Kier molecular flexibility index (Phi) is 6.15. The predicted octanol–water partition coefficient (Wildman–Crippen LogP) is 15.1. The van der Waals surface area contributed by atoms with E-state index in [4.69, 9.17) is 0 Å². The van der Waals surface area contributed by atoms with Crippen LogP contribution in [0.1, 0.15) is 0 Å². The fraction of sp³-hybridized carbons (Fsp3) is 0. The lowest BCUT2D eigenvalue weighted by atomic mass is 9.81. The molecule has 248 valence electrons. The molecule has 0 aliphatic heterocycles. The first kappa shape index (κ1) is 29.5. The molecule has 2 aliphatic rings. The smallest absolute Gasteiger partial charge is 0.000741 e. The van der Waals surface area contributed by atoms with E-state index >= 15 is 0 Å². The normalized spacial score (nSPS) is 12.1. The van der Waals surface area contributed by atoms with Gasteiger partial charge in [0.25, 0.3) is 0 Å². The van der Waals surface area contributed by atoms with Crippen molar-refractivity contribution in [1.29, 1.82) is 0 Å². The molecule has 0 radical (unpaired) electrons. The van der Waals surface area contributed by atoms with Crippen molar-refractivity contribution in [2.45, 2.75) is 0 Å². The van der Waals surface area contributed by atoms with Crippen molar-refractivity contribution in [3.8, 4) is 89.0 Å². The van der Waals surface area contributed by atoms with Gasteiger partial charge in [-0.2, -0.15) is 0 Å². The second kappa shape index (κ2) is 11.2. The van der Waals surface area contributed by atoms with Gasteiger partial charge in [0, 0.05) is 0 Å². The first-order chi connectivity index (χ1) is 26.8. The van der Waals surface area contributed by atoms with Crippen LogP contribution in [0.2, 0.25) is 0 Å². The summed E-state index contributed by atoms with van der Waals surface area (Å²) in [7, 11) is 0. The maximum Gasteiger partial charge on any atom is -0.000741 e. The summed E-state index contributed by atoms with van der Waals surface area (Å²) >= 11 is 0. The Morgan fingerprint density at radius 2 is 0.611 bits per heavy atom. The molecule has 0 amide bonds. The van der Waals surface area contributed by atoms with Crippen LogP contribution in [0.15, 0.2) is 194 Å². The molecule has 2 aliphatic carbocycles. The molecule has 12 rings (SSSR count). The molecule has 0 heteroatoms. The van der Waals surface area contributed by atoms with Crippen molar-refractivity contribution in [1.82, 2.24) is 0 Å². The van der Waals surface area contributed by atoms with Gasteiger partial charge in [-0.3, -0.25) is 0 Å². The Hall–Kier alpha value is -7.02. The van der Waals surface area contributed by atoms with E-state index in [0.717, 1.165) is 0 Å². The summed E-state index contributed by atoms with van der Waals surface area (Å²) in [6.07, 6.45) is 0. The van der Waals surface area contributed by atoms with E-state index in [1.54, 1.807) is 0 Å². The van der Waals surface area contributed by atoms with E-state index in [0.29, 0.717) is 0 Å². The van der Waals surface area contributed by atoms with E-state index in [-0.39, 0.29) is 0 Å². The number of hydrogen-bond donors (Lipinski definition) is 0. The topological polar surface area (TPSA) is 0 Å². The van der Waals surface area contributed by atoms with Gasteiger partial charge >= 0.3 is 0 Å². The van der Waals surface area contributed by atoms with Gasteiger partial charge in [0.15, 0.2) is 0 Å². The van der Waals surface area contributed by atoms with Crippen LogP contribution in [-0.4, -0.2) is 0 Å². The number of rotatable bonds is 4. The zero-order valence-electron chi connectivity index (χ0n) is 29.5. The summed E-state index contributed by atoms with van der Waals surface area (Å²) in [5.74, 6) is 0. The summed E-state index contributed by atoms with van der Waals surface area (Å²) in [6, 6.07) is 72.2. The molecule has 54 heavy (non-hydrogen) atoms. The third-order valence-corrected chi connectivity index (χ3v) is 12.0. The van der Waals surface area contributed by atoms with Crippen molar-refractivity contribution >= 4 is 32.3 Å². The lowest BCUT2D eigenvalue weighted by molar-refractivity contribution is 1.62. The van der Waals surface area contributed by atoms with Crippen LogP contribution in [-0.2, 0) is 0 Å². The molecule has 0 N–H and O–H groups in total. The van der Waals surface area contributed by atoms with Gasteiger partial charge < -0.3 is 0 Å². The second-order valence-electron chi connectivity index (χ2n) is 14.7. The molecular formula is C54H32. The molecule has 10 aromatic carbocycles. The van der Waals surface area contributed by atoms with Crippen molar-refractivity contribution < 1.29 is 0 Å². The Morgan fingerprint density at radius 3 is 1.24 bits per heavy atom. The lowest BCUT2D eigenvalue weighted by Crippen LogP contribution is -1.94. The average Bonchev–Trinajstić information content (AvgIpc) is 3.75. The van der Waals surface area contributed by atoms with Crippen LogP contribution >= 0.6 is 0 Å². The number of fused-ring (bicyclic) bond motifs is 7. The first-order valence-electron chi connectivity index (χ1n) is 18.9. The highest BCUT2D eigenvalue weighted by Gasteiger charge is 2.31. The van der Waals surface area contributed by atoms with E-state index in [9.17, 15) is 0 Å². The fourth-order valence-electron chi connectivity index (χ4n) is 9.76. The molecule has 0 saturated carbocycles. The van der Waals surface area contributed by atoms with Gasteiger partial charge in [0.1, 0.15) is 0 Å². The number of hydrogen-bond acceptors (Lipinski definition) is 0. The average molecular weight is 681 g/mol. The van der Waals surface area contributed by atoms with E-state index in [1.165, 1.54) is 121 Å². The Bertz CT molecular complexity index is 3140. The molecule has 10 aromatic rings. The van der Waals surface area contributed by atoms with Gasteiger partial charge in [-0.05, 0) is 127 Å². The van der Waals surface area contributed by atoms with Crippen LogP contribution in [0.4, 0.5) is 0 Å². The molecule has 0 heterocycles. The molecule has 0 fully saturated rings. The lowest BCUT2D eigenvalue weighted by Gasteiger charge is -2.21. The highest BCUT2D eigenvalue weighted by molar-refractivity contribution is 6.29. The van der Waals surface area contributed by atoms with Crippen LogP contribution < -0.4 is 0 Å². The molecule has 0 saturated heterocycles. The third kappa shape index (κ3) is 4.03. The summed E-state index contributed by atoms with van der Waals surface area (Å²) in [5, 5.41) is 7.84. The van der Waals surface area contributed by atoms with Gasteiger partial charge in [-0.25, -0.2) is 0 Å². The maximum absolute atomic E-state index is 2.48. The van der Waals surface area contributed by atoms with Gasteiger partial charge in [0.2, 0.25) is 0 Å². The second-order valence-corrected chi connectivity index (χ2v) is 14.7. The Morgan fingerprint density at radius 1 is 0.185 bits per heavy atom. The highest BCUT2D eigenvalue weighted by Crippen LogP contribution is 2.59. The summed E-state index contributed by atoms with van der Waals surface area (Å²) in [4.78, 5) is 0. The van der Waals surface area contributed by atoms with Crippen molar-refractivity contribution in [2.75, 3.05) is 0 Å². The fourth-order valence-corrected chi connectivity index (χ4v) is 9.76. The molecular weight excluding hydrogens is 649 g/mol. The molecule has 0 atom stereocenters. The van der Waals surface area contributed by atoms with Crippen LogP contribution in [0, 0.1) is 0 Å². The quantitative estimate of drug-likeness (QED) is 0.174. The first-order valence-corrected chi connectivity index (χ1v) is 18.9. The predicted molar refractivity (Wildman–Crippen MR) is 230 cm³/mol. The molecule has 0 unspecified atom stereocenters. The van der Waals surface area contributed by atoms with Crippen molar-refractivity contribution in [3.63, 3.8) is 0 Å². The van der Waals surface area contributed by atoms with E-state index in [1.807, 2.05) is 0 Å². The van der Waals surface area contributed by atoms with Crippen molar-refractivity contribution in [2.24, 2.45) is 0 Å². The third-order valence-electron chi connectivity index (χ3n) is 12.0. The van der Waals surface area contributed by atoms with Crippen LogP contribution in [0.5, 0.6) is 0 Å². The molecule has 0 nitrogen and oxygen atoms in total. The monoisotopic (exact) mass is 680 g/mol. The minimum absolute atomic E-state index is 1.23. The molecule has 0 bridgehead atoms. The number of benzene rings is 10. The molecule has 0 spiro atoms. The maximum atomic E-state index is 2.48. The standard InChI is InChI=1S/C54H32/c1-4-14-33(15-5-1)37-29-31-47-52-41(37)23-13-25-46(52)53-50(35-18-8-3-9-19-35)48-32-36(26-27-45(48)49(54(47)53)34-16-6-2-7-17-34)38-28-30-44-40-21-11-10-20-39(40)43-24-12-22-42(38)51(43)44/h1-32H. The van der Waals surface area contributed by atoms with E-state index < -0.39 is 0 Å². The SMILES string of the molecule is c1ccc(-c2c3c(c(-c4ccccc4)c4cc(-c5ccc6c7c(cccc57)-c5ccccc5-6)ccc24)-c2cccc4c(-c5ccccc5)ccc-3c24)cc1. The van der Waals surface area contributed by atoms with Gasteiger partial charge in [0.05, 0.1) is 0 Å². The van der Waals surface area contributed by atoms with Crippen molar-refractivity contribution in [3.05, 3.63) is 194 Å². The van der Waals surface area contributed by atoms with E-state index in [2.05, 4.69) is 194 Å². The van der Waals surface area contributed by atoms with Gasteiger partial charge in [-0.15, -0.1) is 0 Å². The minimum Gasteiger partial charge on any atom is -0.0622 e. The summed E-state index contributed by atoms with van der Waals surface area (Å²) in [5.41, 5.74) is 20.7. The van der Waals surface area contributed by atoms with Crippen LogP contribution in [0.3, 0.4) is 0 Å². The van der Waals surface area contributed by atoms with Crippen LogP contribution in [0.25, 0.3) is 121 Å². The van der Waals surface area contributed by atoms with Gasteiger partial charge in [-0.1, -0.05) is 188 Å². The zero-order valence-corrected chi connectivity index (χ0v) is 29.5. The minimum atomic E-state index is 1.23. The summed E-state index contributed by atoms with van der Waals surface area (Å²) < 4.78 is 0. The largest absolute Gasteiger partial charge is 0.0622 e. The Labute approximate surface area is 314 Å².